The average molecular weight is 418 g/mol. The van der Waals surface area contributed by atoms with Gasteiger partial charge in [0.1, 0.15) is 12.4 Å². The number of fused-ring (bicyclic) bond motifs is 1. The molecular weight excluding hydrogens is 394 g/mol. The fourth-order valence-corrected chi connectivity index (χ4v) is 4.11. The zero-order chi connectivity index (χ0) is 20.4. The van der Waals surface area contributed by atoms with Crippen LogP contribution in [0.15, 0.2) is 30.5 Å². The average Bonchev–Trinajstić information content (AvgIpc) is 3.18. The lowest BCUT2D eigenvalue weighted by molar-refractivity contribution is -0.123. The first-order valence-electron chi connectivity index (χ1n) is 9.84. The summed E-state index contributed by atoms with van der Waals surface area (Å²) in [5.41, 5.74) is 0.504. The number of rotatable bonds is 5. The van der Waals surface area contributed by atoms with Gasteiger partial charge in [-0.25, -0.2) is 4.68 Å². The topological polar surface area (TPSA) is 79.7 Å². The molecule has 0 spiro atoms. The first-order valence-corrected chi connectivity index (χ1v) is 10.2. The van der Waals surface area contributed by atoms with E-state index in [-0.39, 0.29) is 31.0 Å². The summed E-state index contributed by atoms with van der Waals surface area (Å²) in [6.45, 7) is 5.00. The van der Waals surface area contributed by atoms with Gasteiger partial charge in [0.25, 0.3) is 5.91 Å². The van der Waals surface area contributed by atoms with Crippen LogP contribution in [0.4, 0.5) is 11.5 Å². The number of benzene rings is 1. The molecule has 3 heterocycles. The Morgan fingerprint density at radius 3 is 2.86 bits per heavy atom. The second-order valence-electron chi connectivity index (χ2n) is 7.23. The molecule has 0 radical (unpaired) electrons. The molecule has 1 aromatic carbocycles. The third-order valence-corrected chi connectivity index (χ3v) is 5.77. The third-order valence-electron chi connectivity index (χ3n) is 5.47. The number of carbonyl (C=O) groups excluding carboxylic acids is 2. The number of nitrogens with zero attached hydrogens (tertiary/aromatic N) is 4. The van der Waals surface area contributed by atoms with Crippen molar-refractivity contribution in [2.45, 2.75) is 25.8 Å². The Morgan fingerprint density at radius 1 is 1.31 bits per heavy atom. The fraction of sp³-hybridized carbons (Fsp3) is 0.450. The van der Waals surface area contributed by atoms with Gasteiger partial charge < -0.3 is 15.0 Å². The first kappa shape index (κ1) is 19.7. The quantitative estimate of drug-likeness (QED) is 0.808. The highest BCUT2D eigenvalue weighted by Crippen LogP contribution is 2.38. The van der Waals surface area contributed by atoms with E-state index in [0.717, 1.165) is 32.5 Å². The van der Waals surface area contributed by atoms with E-state index < -0.39 is 0 Å². The van der Waals surface area contributed by atoms with Crippen molar-refractivity contribution in [2.24, 2.45) is 0 Å². The van der Waals surface area contributed by atoms with Crippen LogP contribution in [-0.2, 0) is 9.59 Å². The van der Waals surface area contributed by atoms with Gasteiger partial charge >= 0.3 is 0 Å². The van der Waals surface area contributed by atoms with E-state index in [1.807, 2.05) is 4.68 Å². The van der Waals surface area contributed by atoms with E-state index in [0.29, 0.717) is 22.3 Å². The Hall–Kier alpha value is -2.58. The number of carbonyl (C=O) groups is 2. The Balaban J connectivity index is 1.45. The van der Waals surface area contributed by atoms with Crippen LogP contribution in [0.5, 0.6) is 5.75 Å². The molecule has 0 aliphatic carbocycles. The van der Waals surface area contributed by atoms with Crippen LogP contribution in [0.2, 0.25) is 5.02 Å². The van der Waals surface area contributed by atoms with Crippen LogP contribution in [0.25, 0.3) is 0 Å². The lowest BCUT2D eigenvalue weighted by Gasteiger charge is -2.32. The predicted octanol–water partition coefficient (Wildman–Crippen LogP) is 2.56. The second-order valence-corrected chi connectivity index (χ2v) is 7.64. The molecule has 29 heavy (non-hydrogen) atoms. The van der Waals surface area contributed by atoms with Crippen molar-refractivity contribution in [1.82, 2.24) is 14.7 Å². The van der Waals surface area contributed by atoms with Gasteiger partial charge in [0, 0.05) is 19.2 Å². The van der Waals surface area contributed by atoms with E-state index in [4.69, 9.17) is 16.3 Å². The molecule has 2 aliphatic heterocycles. The molecule has 0 unspecified atom stereocenters. The summed E-state index contributed by atoms with van der Waals surface area (Å²) >= 11 is 6.16. The van der Waals surface area contributed by atoms with Crippen molar-refractivity contribution in [3.05, 3.63) is 35.5 Å². The molecule has 9 heteroatoms. The molecule has 0 bridgehead atoms. The fourth-order valence-electron chi connectivity index (χ4n) is 3.88. The molecule has 2 aliphatic rings. The van der Waals surface area contributed by atoms with Crippen molar-refractivity contribution in [3.63, 3.8) is 0 Å². The number of nitrogens with one attached hydrogen (secondary N) is 1. The van der Waals surface area contributed by atoms with Crippen molar-refractivity contribution in [3.8, 4) is 5.75 Å². The summed E-state index contributed by atoms with van der Waals surface area (Å²) in [7, 11) is 0. The number of hydrogen-bond acceptors (Lipinski definition) is 5. The summed E-state index contributed by atoms with van der Waals surface area (Å²) in [5, 5.41) is 7.74. The Kier molecular flexibility index (Phi) is 5.73. The Morgan fingerprint density at radius 2 is 2.10 bits per heavy atom. The monoisotopic (exact) mass is 417 g/mol. The molecular formula is C20H24ClN5O3. The number of para-hydroxylation sites is 1. The standard InChI is InChI=1S/C20H24ClN5O3/c1-2-24-10-7-14(8-11-24)26-17(6-9-22-26)23-18(27)12-25-16-5-3-4-15(21)20(16)29-13-19(25)28/h3-6,9,14H,2,7-8,10-13H2,1H3,(H,23,27). The van der Waals surface area contributed by atoms with E-state index in [9.17, 15) is 9.59 Å². The van der Waals surface area contributed by atoms with Crippen LogP contribution >= 0.6 is 11.6 Å². The minimum Gasteiger partial charge on any atom is -0.480 e. The van der Waals surface area contributed by atoms with Crippen LogP contribution < -0.4 is 15.0 Å². The van der Waals surface area contributed by atoms with Crippen molar-refractivity contribution in [1.29, 1.82) is 0 Å². The molecule has 4 rings (SSSR count). The number of piperidine rings is 1. The van der Waals surface area contributed by atoms with E-state index in [1.54, 1.807) is 30.5 Å². The maximum atomic E-state index is 12.7. The molecule has 2 aromatic rings. The highest BCUT2D eigenvalue weighted by molar-refractivity contribution is 6.32. The number of anilines is 2. The lowest BCUT2D eigenvalue weighted by Crippen LogP contribution is -2.43. The van der Waals surface area contributed by atoms with Gasteiger partial charge in [-0.1, -0.05) is 24.6 Å². The summed E-state index contributed by atoms with van der Waals surface area (Å²) < 4.78 is 7.31. The minimum atomic E-state index is -0.293. The van der Waals surface area contributed by atoms with E-state index >= 15 is 0 Å². The first-order chi connectivity index (χ1) is 14.1. The molecule has 1 saturated heterocycles. The van der Waals surface area contributed by atoms with Crippen LogP contribution in [0, 0.1) is 0 Å². The number of aromatic nitrogens is 2. The smallest absolute Gasteiger partial charge is 0.265 e. The van der Waals surface area contributed by atoms with Crippen molar-refractivity contribution >= 4 is 34.9 Å². The third kappa shape index (κ3) is 4.09. The van der Waals surface area contributed by atoms with Gasteiger partial charge in [-0.3, -0.25) is 14.5 Å². The van der Waals surface area contributed by atoms with E-state index in [1.165, 1.54) is 4.90 Å². The molecule has 154 valence electrons. The van der Waals surface area contributed by atoms with Crippen molar-refractivity contribution in [2.75, 3.05) is 43.0 Å². The van der Waals surface area contributed by atoms with Crippen LogP contribution in [0.1, 0.15) is 25.8 Å². The predicted molar refractivity (Wildman–Crippen MR) is 111 cm³/mol. The maximum absolute atomic E-state index is 12.7. The van der Waals surface area contributed by atoms with Crippen LogP contribution in [0.3, 0.4) is 0 Å². The number of amides is 2. The number of likely N-dealkylation sites (tertiary alicyclic amines) is 1. The summed E-state index contributed by atoms with van der Waals surface area (Å²) in [6.07, 6.45) is 3.68. The Labute approximate surface area is 174 Å². The lowest BCUT2D eigenvalue weighted by atomic mass is 10.1. The SMILES string of the molecule is CCN1CCC(n2nccc2NC(=O)CN2C(=O)COc3c(Cl)cccc32)CC1. The number of halogens is 1. The normalized spacial score (nSPS) is 17.7. The highest BCUT2D eigenvalue weighted by atomic mass is 35.5. The van der Waals surface area contributed by atoms with Gasteiger partial charge in [0.05, 0.1) is 22.9 Å². The van der Waals surface area contributed by atoms with Gasteiger partial charge in [0.2, 0.25) is 5.91 Å². The maximum Gasteiger partial charge on any atom is 0.265 e. The molecule has 0 saturated carbocycles. The minimum absolute atomic E-state index is 0.116. The molecule has 0 atom stereocenters. The molecule has 1 aromatic heterocycles. The van der Waals surface area contributed by atoms with Crippen molar-refractivity contribution < 1.29 is 14.3 Å². The second kappa shape index (κ2) is 8.42. The molecule has 1 N–H and O–H groups in total. The van der Waals surface area contributed by atoms with Gasteiger partial charge in [-0.05, 0) is 31.5 Å². The van der Waals surface area contributed by atoms with Crippen LogP contribution in [-0.4, -0.2) is 59.3 Å². The summed E-state index contributed by atoms with van der Waals surface area (Å²) in [5.74, 6) is 0.501. The number of ether oxygens (including phenoxy) is 1. The summed E-state index contributed by atoms with van der Waals surface area (Å²) in [4.78, 5) is 28.9. The largest absolute Gasteiger partial charge is 0.480 e. The van der Waals surface area contributed by atoms with Gasteiger partial charge in [-0.2, -0.15) is 5.10 Å². The van der Waals surface area contributed by atoms with Gasteiger partial charge in [-0.15, -0.1) is 0 Å². The summed E-state index contributed by atoms with van der Waals surface area (Å²) in [6, 6.07) is 7.18. The zero-order valence-corrected chi connectivity index (χ0v) is 17.1. The molecule has 2 amide bonds. The zero-order valence-electron chi connectivity index (χ0n) is 16.3. The molecule has 1 fully saturated rings. The van der Waals surface area contributed by atoms with E-state index in [2.05, 4.69) is 22.2 Å². The Bertz CT molecular complexity index is 907. The molecule has 8 nitrogen and oxygen atoms in total. The highest BCUT2D eigenvalue weighted by Gasteiger charge is 2.29. The van der Waals surface area contributed by atoms with Gasteiger partial charge in [0.15, 0.2) is 12.4 Å². The number of hydrogen-bond donors (Lipinski definition) is 1.